The molecule has 0 atom stereocenters. The maximum absolute atomic E-state index is 13.0. The number of benzene rings is 1. The van der Waals surface area contributed by atoms with E-state index in [1.165, 1.54) is 0 Å². The summed E-state index contributed by atoms with van der Waals surface area (Å²) in [6, 6.07) is 11.9. The molecule has 1 aromatic carbocycles. The summed E-state index contributed by atoms with van der Waals surface area (Å²) >= 11 is 1.66. The first kappa shape index (κ1) is 19.2. The smallest absolute Gasteiger partial charge is 0.223 e. The number of hydrogen-bond acceptors (Lipinski definition) is 5. The Morgan fingerprint density at radius 2 is 2.00 bits per heavy atom. The van der Waals surface area contributed by atoms with E-state index >= 15 is 0 Å². The molecule has 0 aliphatic rings. The Balaban J connectivity index is 1.75. The molecule has 0 aliphatic heterocycles. The minimum Gasteiger partial charge on any atom is -0.496 e. The Morgan fingerprint density at radius 3 is 2.67 bits per heavy atom. The number of ether oxygens (including phenoxy) is 1. The minimum absolute atomic E-state index is 0.106. The van der Waals surface area contributed by atoms with Crippen molar-refractivity contribution in [2.24, 2.45) is 0 Å². The van der Waals surface area contributed by atoms with Crippen molar-refractivity contribution in [3.8, 4) is 5.75 Å². The number of aryl methyl sites for hydroxylation is 2. The largest absolute Gasteiger partial charge is 0.496 e. The molecule has 0 unspecified atom stereocenters. The second-order valence-electron chi connectivity index (χ2n) is 6.44. The molecule has 0 spiro atoms. The highest BCUT2D eigenvalue weighted by atomic mass is 32.1. The summed E-state index contributed by atoms with van der Waals surface area (Å²) in [5.41, 5.74) is 2.88. The summed E-state index contributed by atoms with van der Waals surface area (Å²) in [4.78, 5) is 16.1. The number of nitrogens with zero attached hydrogens (tertiary/aromatic N) is 2. The van der Waals surface area contributed by atoms with Crippen molar-refractivity contribution in [1.29, 1.82) is 0 Å². The molecule has 2 heterocycles. The Morgan fingerprint density at radius 1 is 1.19 bits per heavy atom. The summed E-state index contributed by atoms with van der Waals surface area (Å²) in [5.74, 6) is 1.69. The number of aromatic nitrogens is 1. The summed E-state index contributed by atoms with van der Waals surface area (Å²) in [6.45, 7) is 4.91. The highest BCUT2D eigenvalue weighted by Gasteiger charge is 2.19. The molecule has 2 aromatic heterocycles. The summed E-state index contributed by atoms with van der Waals surface area (Å²) in [7, 11) is 1.65. The minimum atomic E-state index is 0.106. The zero-order valence-corrected chi connectivity index (χ0v) is 16.7. The van der Waals surface area contributed by atoms with Crippen molar-refractivity contribution in [3.05, 3.63) is 69.2 Å². The summed E-state index contributed by atoms with van der Waals surface area (Å²) in [6.07, 6.45) is 1.05. The van der Waals surface area contributed by atoms with Crippen LogP contribution in [0.3, 0.4) is 0 Å². The SMILES string of the molecule is COc1ccccc1CN(Cc1cccs1)C(=O)CCc1c(C)noc1C. The van der Waals surface area contributed by atoms with E-state index in [2.05, 4.69) is 11.2 Å². The van der Waals surface area contributed by atoms with Crippen LogP contribution in [-0.2, 0) is 24.3 Å². The molecule has 3 rings (SSSR count). The first-order valence-electron chi connectivity index (χ1n) is 8.92. The van der Waals surface area contributed by atoms with Gasteiger partial charge < -0.3 is 14.2 Å². The van der Waals surface area contributed by atoms with Gasteiger partial charge in [0, 0.05) is 29.0 Å². The standard InChI is InChI=1S/C21H24N2O3S/c1-15-19(16(2)26-22-15)10-11-21(24)23(14-18-8-6-12-27-18)13-17-7-4-5-9-20(17)25-3/h4-9,12H,10-11,13-14H2,1-3H3. The fourth-order valence-electron chi connectivity index (χ4n) is 3.11. The average molecular weight is 385 g/mol. The van der Waals surface area contributed by atoms with E-state index in [0.29, 0.717) is 25.9 Å². The maximum atomic E-state index is 13.0. The molecule has 27 heavy (non-hydrogen) atoms. The van der Waals surface area contributed by atoms with E-state index in [1.807, 2.05) is 54.5 Å². The van der Waals surface area contributed by atoms with Gasteiger partial charge in [0.1, 0.15) is 11.5 Å². The number of rotatable bonds is 8. The Bertz CT molecular complexity index is 867. The third-order valence-corrected chi connectivity index (χ3v) is 5.46. The molecular weight excluding hydrogens is 360 g/mol. The van der Waals surface area contributed by atoms with Gasteiger partial charge in [0.15, 0.2) is 0 Å². The first-order chi connectivity index (χ1) is 13.1. The molecule has 3 aromatic rings. The molecular formula is C21H24N2O3S. The molecule has 142 valence electrons. The third-order valence-electron chi connectivity index (χ3n) is 4.60. The predicted molar refractivity (Wildman–Crippen MR) is 106 cm³/mol. The van der Waals surface area contributed by atoms with Crippen molar-refractivity contribution in [1.82, 2.24) is 10.1 Å². The van der Waals surface area contributed by atoms with Crippen molar-refractivity contribution < 1.29 is 14.1 Å². The van der Waals surface area contributed by atoms with Gasteiger partial charge in [0.05, 0.1) is 19.3 Å². The average Bonchev–Trinajstić information content (AvgIpc) is 3.30. The number of hydrogen-bond donors (Lipinski definition) is 0. The molecule has 0 N–H and O–H groups in total. The lowest BCUT2D eigenvalue weighted by Crippen LogP contribution is -2.30. The zero-order chi connectivity index (χ0) is 19.2. The summed E-state index contributed by atoms with van der Waals surface area (Å²) < 4.78 is 10.7. The van der Waals surface area contributed by atoms with E-state index in [4.69, 9.17) is 9.26 Å². The molecule has 1 amide bonds. The lowest BCUT2D eigenvalue weighted by molar-refractivity contribution is -0.132. The van der Waals surface area contributed by atoms with Crippen LogP contribution in [0.15, 0.2) is 46.3 Å². The topological polar surface area (TPSA) is 55.6 Å². The lowest BCUT2D eigenvalue weighted by Gasteiger charge is -2.23. The van der Waals surface area contributed by atoms with Crippen LogP contribution in [0.4, 0.5) is 0 Å². The van der Waals surface area contributed by atoms with E-state index < -0.39 is 0 Å². The number of carbonyl (C=O) groups is 1. The van der Waals surface area contributed by atoms with Crippen molar-refractivity contribution in [2.75, 3.05) is 7.11 Å². The van der Waals surface area contributed by atoms with Crippen LogP contribution >= 0.6 is 11.3 Å². The molecule has 0 fully saturated rings. The molecule has 6 heteroatoms. The molecule has 0 saturated heterocycles. The monoisotopic (exact) mass is 384 g/mol. The number of para-hydroxylation sites is 1. The van der Waals surface area contributed by atoms with Gasteiger partial charge in [-0.1, -0.05) is 29.4 Å². The number of carbonyl (C=O) groups excluding carboxylic acids is 1. The normalized spacial score (nSPS) is 10.8. The van der Waals surface area contributed by atoms with Crippen molar-refractivity contribution in [3.63, 3.8) is 0 Å². The highest BCUT2D eigenvalue weighted by molar-refractivity contribution is 7.09. The molecule has 0 aliphatic carbocycles. The zero-order valence-electron chi connectivity index (χ0n) is 15.9. The van der Waals surface area contributed by atoms with Crippen LogP contribution in [0.5, 0.6) is 5.75 Å². The van der Waals surface area contributed by atoms with E-state index in [0.717, 1.165) is 33.2 Å². The fraction of sp³-hybridized carbons (Fsp3) is 0.333. The third kappa shape index (κ3) is 4.77. The maximum Gasteiger partial charge on any atom is 0.223 e. The van der Waals surface area contributed by atoms with E-state index in [-0.39, 0.29) is 5.91 Å². The van der Waals surface area contributed by atoms with Gasteiger partial charge in [-0.15, -0.1) is 11.3 Å². The van der Waals surface area contributed by atoms with Crippen LogP contribution in [0, 0.1) is 13.8 Å². The van der Waals surface area contributed by atoms with E-state index in [1.54, 1.807) is 18.4 Å². The van der Waals surface area contributed by atoms with Crippen LogP contribution in [0.2, 0.25) is 0 Å². The second-order valence-corrected chi connectivity index (χ2v) is 7.48. The van der Waals surface area contributed by atoms with E-state index in [9.17, 15) is 4.79 Å². The number of methoxy groups -OCH3 is 1. The van der Waals surface area contributed by atoms with Crippen LogP contribution in [-0.4, -0.2) is 23.1 Å². The predicted octanol–water partition coefficient (Wildman–Crippen LogP) is 4.52. The van der Waals surface area contributed by atoms with Gasteiger partial charge in [0.25, 0.3) is 0 Å². The highest BCUT2D eigenvalue weighted by Crippen LogP contribution is 2.23. The fourth-order valence-corrected chi connectivity index (χ4v) is 3.83. The van der Waals surface area contributed by atoms with Gasteiger partial charge in [-0.2, -0.15) is 0 Å². The Labute approximate surface area is 163 Å². The Kier molecular flexibility index (Phi) is 6.29. The molecule has 0 bridgehead atoms. The second kappa shape index (κ2) is 8.86. The molecule has 0 saturated carbocycles. The van der Waals surface area contributed by atoms with Gasteiger partial charge in [-0.25, -0.2) is 0 Å². The van der Waals surface area contributed by atoms with Crippen LogP contribution in [0.1, 0.15) is 33.9 Å². The van der Waals surface area contributed by atoms with Crippen molar-refractivity contribution >= 4 is 17.2 Å². The van der Waals surface area contributed by atoms with Gasteiger partial charge in [-0.3, -0.25) is 4.79 Å². The Hall–Kier alpha value is -2.60. The summed E-state index contributed by atoms with van der Waals surface area (Å²) in [5, 5.41) is 6.01. The van der Waals surface area contributed by atoms with Gasteiger partial charge in [0.2, 0.25) is 5.91 Å². The molecule has 5 nitrogen and oxygen atoms in total. The number of thiophene rings is 1. The first-order valence-corrected chi connectivity index (χ1v) is 9.80. The van der Waals surface area contributed by atoms with Crippen LogP contribution < -0.4 is 4.74 Å². The van der Waals surface area contributed by atoms with Gasteiger partial charge in [-0.05, 0) is 37.8 Å². The van der Waals surface area contributed by atoms with Crippen molar-refractivity contribution in [2.45, 2.75) is 39.8 Å². The lowest BCUT2D eigenvalue weighted by atomic mass is 10.1. The quantitative estimate of drug-likeness (QED) is 0.573. The number of amides is 1. The molecule has 0 radical (unpaired) electrons. The van der Waals surface area contributed by atoms with Gasteiger partial charge >= 0.3 is 0 Å². The van der Waals surface area contributed by atoms with Crippen LogP contribution in [0.25, 0.3) is 0 Å².